The summed E-state index contributed by atoms with van der Waals surface area (Å²) in [4.78, 5) is 15.0. The van der Waals surface area contributed by atoms with Gasteiger partial charge in [0.15, 0.2) is 0 Å². The highest BCUT2D eigenvalue weighted by molar-refractivity contribution is 7.17. The van der Waals surface area contributed by atoms with Crippen molar-refractivity contribution >= 4 is 28.5 Å². The Morgan fingerprint density at radius 3 is 2.44 bits per heavy atom. The second kappa shape index (κ2) is 4.86. The summed E-state index contributed by atoms with van der Waals surface area (Å²) in [6, 6.07) is 5.76. The van der Waals surface area contributed by atoms with E-state index in [1.807, 2.05) is 17.5 Å². The summed E-state index contributed by atoms with van der Waals surface area (Å²) < 4.78 is 5.10. The van der Waals surface area contributed by atoms with Crippen LogP contribution in [0.1, 0.15) is 40.2 Å². The first-order chi connectivity index (χ1) is 8.41. The van der Waals surface area contributed by atoms with E-state index in [0.29, 0.717) is 0 Å². The van der Waals surface area contributed by atoms with Gasteiger partial charge < -0.3 is 4.74 Å². The highest BCUT2D eigenvalue weighted by Gasteiger charge is 2.20. The van der Waals surface area contributed by atoms with Crippen LogP contribution in [0.5, 0.6) is 5.75 Å². The SMILES string of the molecule is COc1csc(C(=O)c2ccc(C(C)(C)C)s2)c1. The van der Waals surface area contributed by atoms with Crippen molar-refractivity contribution in [3.8, 4) is 5.75 Å². The van der Waals surface area contributed by atoms with Crippen molar-refractivity contribution in [3.05, 3.63) is 38.2 Å². The molecular weight excluding hydrogens is 264 g/mol. The van der Waals surface area contributed by atoms with Crippen molar-refractivity contribution < 1.29 is 9.53 Å². The maximum absolute atomic E-state index is 12.3. The third-order valence-electron chi connectivity index (χ3n) is 2.60. The molecule has 0 radical (unpaired) electrons. The van der Waals surface area contributed by atoms with Crippen molar-refractivity contribution in [2.45, 2.75) is 26.2 Å². The van der Waals surface area contributed by atoms with Gasteiger partial charge in [-0.25, -0.2) is 0 Å². The van der Waals surface area contributed by atoms with Gasteiger partial charge in [-0.3, -0.25) is 4.79 Å². The number of carbonyl (C=O) groups is 1. The number of hydrogen-bond donors (Lipinski definition) is 0. The van der Waals surface area contributed by atoms with E-state index in [1.165, 1.54) is 16.2 Å². The van der Waals surface area contributed by atoms with Gasteiger partial charge in [-0.05, 0) is 17.5 Å². The second-order valence-electron chi connectivity index (χ2n) is 5.09. The Labute approximate surface area is 115 Å². The third kappa shape index (κ3) is 2.65. The average Bonchev–Trinajstić information content (AvgIpc) is 2.96. The number of ether oxygens (including phenoxy) is 1. The molecule has 0 saturated heterocycles. The van der Waals surface area contributed by atoms with Gasteiger partial charge in [0.1, 0.15) is 5.75 Å². The number of ketones is 1. The molecular formula is C14H16O2S2. The molecule has 0 bridgehead atoms. The minimum Gasteiger partial charge on any atom is -0.496 e. The molecule has 0 atom stereocenters. The fourth-order valence-electron chi connectivity index (χ4n) is 1.53. The predicted molar refractivity (Wildman–Crippen MR) is 77.3 cm³/mol. The predicted octanol–water partition coefficient (Wildman–Crippen LogP) is 4.35. The molecule has 0 unspecified atom stereocenters. The minimum absolute atomic E-state index is 0.0869. The summed E-state index contributed by atoms with van der Waals surface area (Å²) >= 11 is 3.00. The van der Waals surface area contributed by atoms with Crippen LogP contribution in [0.3, 0.4) is 0 Å². The number of methoxy groups -OCH3 is 1. The molecule has 2 aromatic heterocycles. The van der Waals surface area contributed by atoms with Crippen LogP contribution in [0.25, 0.3) is 0 Å². The van der Waals surface area contributed by atoms with Gasteiger partial charge in [-0.15, -0.1) is 22.7 Å². The summed E-state index contributed by atoms with van der Waals surface area (Å²) in [6.45, 7) is 6.46. The Balaban J connectivity index is 2.26. The molecule has 0 fully saturated rings. The smallest absolute Gasteiger partial charge is 0.213 e. The van der Waals surface area contributed by atoms with E-state index in [4.69, 9.17) is 4.74 Å². The van der Waals surface area contributed by atoms with Crippen LogP contribution < -0.4 is 4.74 Å². The van der Waals surface area contributed by atoms with Crippen LogP contribution in [-0.4, -0.2) is 12.9 Å². The van der Waals surface area contributed by atoms with Gasteiger partial charge >= 0.3 is 0 Å². The van der Waals surface area contributed by atoms with Gasteiger partial charge in [0.2, 0.25) is 5.78 Å². The molecule has 0 N–H and O–H groups in total. The summed E-state index contributed by atoms with van der Waals surface area (Å²) in [5.74, 6) is 0.833. The van der Waals surface area contributed by atoms with Crippen molar-refractivity contribution in [3.63, 3.8) is 0 Å². The standard InChI is InChI=1S/C14H16O2S2/c1-14(2,3)12-6-5-10(18-12)13(15)11-7-9(16-4)8-17-11/h5-8H,1-4H3. The quantitative estimate of drug-likeness (QED) is 0.781. The second-order valence-corrected chi connectivity index (χ2v) is 7.09. The first-order valence-electron chi connectivity index (χ1n) is 5.69. The Morgan fingerprint density at radius 1 is 1.22 bits per heavy atom. The lowest BCUT2D eigenvalue weighted by molar-refractivity contribution is 0.104. The molecule has 0 aliphatic rings. The van der Waals surface area contributed by atoms with E-state index in [2.05, 4.69) is 20.8 Å². The van der Waals surface area contributed by atoms with Crippen LogP contribution in [0.15, 0.2) is 23.6 Å². The highest BCUT2D eigenvalue weighted by Crippen LogP contribution is 2.32. The molecule has 0 aliphatic carbocycles. The molecule has 2 aromatic rings. The fourth-order valence-corrected chi connectivity index (χ4v) is 3.42. The first-order valence-corrected chi connectivity index (χ1v) is 7.39. The summed E-state index contributed by atoms with van der Waals surface area (Å²) in [5.41, 5.74) is 0.0936. The van der Waals surface area contributed by atoms with Crippen molar-refractivity contribution in [1.29, 1.82) is 0 Å². The maximum Gasteiger partial charge on any atom is 0.213 e. The molecule has 18 heavy (non-hydrogen) atoms. The average molecular weight is 280 g/mol. The Kier molecular flexibility index (Phi) is 3.59. The normalized spacial score (nSPS) is 11.6. The molecule has 2 rings (SSSR count). The number of rotatable bonds is 3. The Morgan fingerprint density at radius 2 is 1.94 bits per heavy atom. The lowest BCUT2D eigenvalue weighted by Gasteiger charge is -2.15. The summed E-state index contributed by atoms with van der Waals surface area (Å²) in [7, 11) is 1.61. The molecule has 0 amide bonds. The lowest BCUT2D eigenvalue weighted by atomic mass is 9.95. The van der Waals surface area contributed by atoms with Gasteiger partial charge in [0, 0.05) is 16.3 Å². The molecule has 2 heterocycles. The molecule has 2 nitrogen and oxygen atoms in total. The third-order valence-corrected chi connectivity index (χ3v) is 5.02. The zero-order valence-electron chi connectivity index (χ0n) is 10.9. The van der Waals surface area contributed by atoms with E-state index in [9.17, 15) is 4.79 Å². The van der Waals surface area contributed by atoms with E-state index < -0.39 is 0 Å². The highest BCUT2D eigenvalue weighted by atomic mass is 32.1. The number of hydrogen-bond acceptors (Lipinski definition) is 4. The van der Waals surface area contributed by atoms with Gasteiger partial charge in [0.05, 0.1) is 16.9 Å². The first kappa shape index (κ1) is 13.3. The zero-order valence-corrected chi connectivity index (χ0v) is 12.6. The lowest BCUT2D eigenvalue weighted by Crippen LogP contribution is -2.07. The Hall–Kier alpha value is -1.13. The van der Waals surface area contributed by atoms with Crippen molar-refractivity contribution in [2.75, 3.05) is 7.11 Å². The van der Waals surface area contributed by atoms with Crippen molar-refractivity contribution in [1.82, 2.24) is 0 Å². The monoisotopic (exact) mass is 280 g/mol. The summed E-state index contributed by atoms with van der Waals surface area (Å²) in [6.07, 6.45) is 0. The van der Waals surface area contributed by atoms with Crippen LogP contribution in [0, 0.1) is 0 Å². The van der Waals surface area contributed by atoms with Crippen LogP contribution in [-0.2, 0) is 5.41 Å². The number of carbonyl (C=O) groups excluding carboxylic acids is 1. The van der Waals surface area contributed by atoms with Crippen LogP contribution >= 0.6 is 22.7 Å². The van der Waals surface area contributed by atoms with E-state index in [-0.39, 0.29) is 11.2 Å². The topological polar surface area (TPSA) is 26.3 Å². The molecule has 0 aliphatic heterocycles. The molecule has 0 aromatic carbocycles. The zero-order chi connectivity index (χ0) is 13.3. The summed E-state index contributed by atoms with van der Waals surface area (Å²) in [5, 5.41) is 1.85. The minimum atomic E-state index is 0.0869. The Bertz CT molecular complexity index is 558. The van der Waals surface area contributed by atoms with Gasteiger partial charge in [-0.2, -0.15) is 0 Å². The van der Waals surface area contributed by atoms with E-state index >= 15 is 0 Å². The van der Waals surface area contributed by atoms with Crippen molar-refractivity contribution in [2.24, 2.45) is 0 Å². The molecule has 4 heteroatoms. The maximum atomic E-state index is 12.3. The number of thiophene rings is 2. The van der Waals surface area contributed by atoms with Crippen LogP contribution in [0.4, 0.5) is 0 Å². The van der Waals surface area contributed by atoms with E-state index in [1.54, 1.807) is 24.5 Å². The van der Waals surface area contributed by atoms with E-state index in [0.717, 1.165) is 15.5 Å². The molecule has 0 saturated carbocycles. The van der Waals surface area contributed by atoms with Gasteiger partial charge in [0.25, 0.3) is 0 Å². The van der Waals surface area contributed by atoms with Gasteiger partial charge in [-0.1, -0.05) is 20.8 Å². The molecule has 96 valence electrons. The molecule has 0 spiro atoms. The largest absolute Gasteiger partial charge is 0.496 e. The van der Waals surface area contributed by atoms with Crippen LogP contribution in [0.2, 0.25) is 0 Å². The fraction of sp³-hybridized carbons (Fsp3) is 0.357.